The van der Waals surface area contributed by atoms with Crippen LogP contribution in [0.4, 0.5) is 0 Å². The second kappa shape index (κ2) is 4.55. The first-order valence-electron chi connectivity index (χ1n) is 5.80. The van der Waals surface area contributed by atoms with Crippen LogP contribution in [0.15, 0.2) is 22.7 Å². The minimum atomic E-state index is -0.390. The zero-order valence-electron chi connectivity index (χ0n) is 10.3. The van der Waals surface area contributed by atoms with Gasteiger partial charge in [0.1, 0.15) is 5.75 Å². The van der Waals surface area contributed by atoms with E-state index in [0.717, 1.165) is 4.47 Å². The number of phenolic OH excluding ortho intramolecular Hbond substituents is 1. The maximum atomic E-state index is 12.0. The summed E-state index contributed by atoms with van der Waals surface area (Å²) in [6.07, 6.45) is 0.159. The van der Waals surface area contributed by atoms with Gasteiger partial charge in [-0.25, -0.2) is 0 Å². The Bertz CT molecular complexity index is 487. The molecule has 1 amide bonds. The zero-order valence-corrected chi connectivity index (χ0v) is 11.9. The van der Waals surface area contributed by atoms with E-state index < -0.39 is 0 Å². The number of benzene rings is 1. The minimum Gasteiger partial charge on any atom is -0.507 e. The fraction of sp³-hybridized carbons (Fsp3) is 0.462. The molecule has 3 N–H and O–H groups in total. The lowest BCUT2D eigenvalue weighted by Crippen LogP contribution is -2.61. The fourth-order valence-electron chi connectivity index (χ4n) is 2.07. The van der Waals surface area contributed by atoms with E-state index in [4.69, 9.17) is 0 Å². The number of aromatic hydroxyl groups is 1. The normalized spacial score (nSPS) is 25.3. The molecule has 1 aliphatic carbocycles. The van der Waals surface area contributed by atoms with Gasteiger partial charge in [-0.15, -0.1) is 0 Å². The molecule has 2 unspecified atom stereocenters. The van der Waals surface area contributed by atoms with E-state index in [1.54, 1.807) is 12.1 Å². The van der Waals surface area contributed by atoms with Crippen LogP contribution in [-0.2, 0) is 0 Å². The molecule has 1 aromatic rings. The highest BCUT2D eigenvalue weighted by atomic mass is 79.9. The number of nitrogens with one attached hydrogen (secondary N) is 1. The Balaban J connectivity index is 2.12. The van der Waals surface area contributed by atoms with Crippen LogP contribution in [0.2, 0.25) is 0 Å². The highest BCUT2D eigenvalue weighted by molar-refractivity contribution is 9.10. The van der Waals surface area contributed by atoms with Crippen LogP contribution < -0.4 is 5.32 Å². The van der Waals surface area contributed by atoms with Crippen LogP contribution in [0, 0.1) is 5.41 Å². The molecule has 1 fully saturated rings. The van der Waals surface area contributed by atoms with E-state index in [9.17, 15) is 15.0 Å². The van der Waals surface area contributed by atoms with Crippen molar-refractivity contribution < 1.29 is 15.0 Å². The molecule has 0 saturated heterocycles. The topological polar surface area (TPSA) is 69.6 Å². The molecular weight excluding hydrogens is 298 g/mol. The molecule has 98 valence electrons. The molecular formula is C13H16BrNO3. The first-order valence-corrected chi connectivity index (χ1v) is 6.59. The smallest absolute Gasteiger partial charge is 0.255 e. The summed E-state index contributed by atoms with van der Waals surface area (Å²) in [7, 11) is 0. The maximum Gasteiger partial charge on any atom is 0.255 e. The average molecular weight is 314 g/mol. The number of aliphatic hydroxyl groups is 1. The molecule has 1 aromatic carbocycles. The molecule has 0 spiro atoms. The van der Waals surface area contributed by atoms with E-state index >= 15 is 0 Å². The third kappa shape index (κ3) is 2.24. The largest absolute Gasteiger partial charge is 0.507 e. The van der Waals surface area contributed by atoms with Gasteiger partial charge >= 0.3 is 0 Å². The second-order valence-corrected chi connectivity index (χ2v) is 6.18. The highest BCUT2D eigenvalue weighted by Crippen LogP contribution is 2.40. The third-order valence-corrected chi connectivity index (χ3v) is 4.22. The molecule has 0 aromatic heterocycles. The number of carbonyl (C=O) groups is 1. The van der Waals surface area contributed by atoms with E-state index in [-0.39, 0.29) is 34.8 Å². The molecule has 5 heteroatoms. The Morgan fingerprint density at radius 2 is 2.17 bits per heavy atom. The quantitative estimate of drug-likeness (QED) is 0.782. The van der Waals surface area contributed by atoms with Gasteiger partial charge in [0.25, 0.3) is 5.91 Å². The monoisotopic (exact) mass is 313 g/mol. The number of hydrogen-bond acceptors (Lipinski definition) is 3. The molecule has 0 bridgehead atoms. The number of aliphatic hydroxyl groups excluding tert-OH is 1. The molecule has 0 aliphatic heterocycles. The predicted octanol–water partition coefficient (Wildman–Crippen LogP) is 2.04. The number of amides is 1. The van der Waals surface area contributed by atoms with Crippen molar-refractivity contribution in [2.75, 3.05) is 0 Å². The van der Waals surface area contributed by atoms with Gasteiger partial charge in [-0.2, -0.15) is 0 Å². The van der Waals surface area contributed by atoms with Gasteiger partial charge in [-0.05, 0) is 24.6 Å². The molecule has 0 radical (unpaired) electrons. The summed E-state index contributed by atoms with van der Waals surface area (Å²) >= 11 is 3.26. The van der Waals surface area contributed by atoms with Crippen LogP contribution in [0.3, 0.4) is 0 Å². The van der Waals surface area contributed by atoms with Crippen LogP contribution in [0.1, 0.15) is 30.6 Å². The summed E-state index contributed by atoms with van der Waals surface area (Å²) in [4.78, 5) is 12.0. The molecule has 1 aliphatic rings. The van der Waals surface area contributed by atoms with Crippen molar-refractivity contribution in [3.8, 4) is 5.75 Å². The molecule has 0 heterocycles. The van der Waals surface area contributed by atoms with Crippen LogP contribution in [0.5, 0.6) is 5.75 Å². The molecule has 4 nitrogen and oxygen atoms in total. The summed E-state index contributed by atoms with van der Waals surface area (Å²) < 4.78 is 0.735. The Kier molecular flexibility index (Phi) is 3.38. The summed E-state index contributed by atoms with van der Waals surface area (Å²) in [6, 6.07) is 4.65. The minimum absolute atomic E-state index is 0.0478. The molecule has 2 atom stereocenters. The molecule has 18 heavy (non-hydrogen) atoms. The SMILES string of the molecule is CC1(C)C(O)CC1NC(=O)c1cc(Br)ccc1O. The van der Waals surface area contributed by atoms with Gasteiger partial charge in [0.2, 0.25) is 0 Å². The lowest BCUT2D eigenvalue weighted by molar-refractivity contribution is -0.0689. The van der Waals surface area contributed by atoms with Crippen molar-refractivity contribution >= 4 is 21.8 Å². The van der Waals surface area contributed by atoms with Gasteiger partial charge in [0, 0.05) is 15.9 Å². The van der Waals surface area contributed by atoms with Crippen molar-refractivity contribution in [2.45, 2.75) is 32.4 Å². The standard InChI is InChI=1S/C13H16BrNO3/c1-13(2)10(6-11(13)17)15-12(18)8-5-7(14)3-4-9(8)16/h3-5,10-11,16-17H,6H2,1-2H3,(H,15,18). The van der Waals surface area contributed by atoms with E-state index in [1.807, 2.05) is 13.8 Å². The number of rotatable bonds is 2. The molecule has 2 rings (SSSR count). The van der Waals surface area contributed by atoms with Gasteiger partial charge in [0.05, 0.1) is 11.7 Å². The van der Waals surface area contributed by atoms with Crippen LogP contribution in [0.25, 0.3) is 0 Å². The maximum absolute atomic E-state index is 12.0. The highest BCUT2D eigenvalue weighted by Gasteiger charge is 2.48. The van der Waals surface area contributed by atoms with Gasteiger partial charge < -0.3 is 15.5 Å². The van der Waals surface area contributed by atoms with Crippen molar-refractivity contribution in [2.24, 2.45) is 5.41 Å². The Hall–Kier alpha value is -1.07. The number of carbonyl (C=O) groups excluding carboxylic acids is 1. The van der Waals surface area contributed by atoms with Crippen molar-refractivity contribution in [1.82, 2.24) is 5.32 Å². The number of halogens is 1. The lowest BCUT2D eigenvalue weighted by Gasteiger charge is -2.49. The van der Waals surface area contributed by atoms with Crippen molar-refractivity contribution in [3.05, 3.63) is 28.2 Å². The third-order valence-electron chi connectivity index (χ3n) is 3.72. The summed E-state index contributed by atoms with van der Waals surface area (Å²) in [5.41, 5.74) is -0.0846. The zero-order chi connectivity index (χ0) is 13.5. The summed E-state index contributed by atoms with van der Waals surface area (Å²) in [5.74, 6) is -0.368. The van der Waals surface area contributed by atoms with Crippen LogP contribution >= 0.6 is 15.9 Å². The summed E-state index contributed by atoms with van der Waals surface area (Å²) in [5, 5.41) is 22.1. The van der Waals surface area contributed by atoms with Crippen molar-refractivity contribution in [3.63, 3.8) is 0 Å². The van der Waals surface area contributed by atoms with Gasteiger partial charge in [0.15, 0.2) is 0 Å². The van der Waals surface area contributed by atoms with Crippen molar-refractivity contribution in [1.29, 1.82) is 0 Å². The van der Waals surface area contributed by atoms with Gasteiger partial charge in [-0.1, -0.05) is 29.8 Å². The Labute approximate surface area is 114 Å². The summed E-state index contributed by atoms with van der Waals surface area (Å²) in [6.45, 7) is 3.82. The Morgan fingerprint density at radius 1 is 1.50 bits per heavy atom. The number of phenols is 1. The van der Waals surface area contributed by atoms with Gasteiger partial charge in [-0.3, -0.25) is 4.79 Å². The van der Waals surface area contributed by atoms with E-state index in [0.29, 0.717) is 6.42 Å². The van der Waals surface area contributed by atoms with E-state index in [1.165, 1.54) is 6.07 Å². The predicted molar refractivity (Wildman–Crippen MR) is 71.5 cm³/mol. The average Bonchev–Trinajstić information content (AvgIpc) is 2.31. The Morgan fingerprint density at radius 3 is 2.72 bits per heavy atom. The molecule has 1 saturated carbocycles. The first kappa shape index (κ1) is 13.4. The first-order chi connectivity index (χ1) is 8.32. The number of hydrogen-bond donors (Lipinski definition) is 3. The lowest BCUT2D eigenvalue weighted by atomic mass is 9.64. The second-order valence-electron chi connectivity index (χ2n) is 5.26. The fourth-order valence-corrected chi connectivity index (χ4v) is 2.43. The van der Waals surface area contributed by atoms with E-state index in [2.05, 4.69) is 21.2 Å². The van der Waals surface area contributed by atoms with Crippen LogP contribution in [-0.4, -0.2) is 28.3 Å².